The molecule has 0 radical (unpaired) electrons. The molecule has 0 fully saturated rings. The number of halogens is 1. The number of H-pyrrole nitrogens is 1. The zero-order valence-electron chi connectivity index (χ0n) is 13.4. The molecule has 0 bridgehead atoms. The summed E-state index contributed by atoms with van der Waals surface area (Å²) in [6.07, 6.45) is 0.554. The third-order valence-electron chi connectivity index (χ3n) is 3.36. The van der Waals surface area contributed by atoms with Crippen LogP contribution in [0.1, 0.15) is 34.1 Å². The number of aromatic amines is 1. The Bertz CT molecular complexity index is 932. The van der Waals surface area contributed by atoms with E-state index in [1.54, 1.807) is 6.92 Å². The van der Waals surface area contributed by atoms with Gasteiger partial charge in [0.2, 0.25) is 5.78 Å². The number of benzene rings is 1. The molecule has 9 heteroatoms. The monoisotopic (exact) mass is 349 g/mol. The minimum Gasteiger partial charge on any atom is -0.454 e. The van der Waals surface area contributed by atoms with Gasteiger partial charge in [0.1, 0.15) is 17.2 Å². The molecule has 2 aromatic rings. The van der Waals surface area contributed by atoms with E-state index in [-0.39, 0.29) is 17.9 Å². The van der Waals surface area contributed by atoms with Gasteiger partial charge in [0.15, 0.2) is 6.61 Å². The second-order valence-corrected chi connectivity index (χ2v) is 5.18. The lowest BCUT2D eigenvalue weighted by Gasteiger charge is -2.11. The molecule has 0 spiro atoms. The Hall–Kier alpha value is -3.23. The van der Waals surface area contributed by atoms with E-state index in [1.807, 2.05) is 4.98 Å². The maximum atomic E-state index is 13.1. The summed E-state index contributed by atoms with van der Waals surface area (Å²) in [5, 5.41) is 0. The molecular formula is C16H16FN3O5. The second kappa shape index (κ2) is 7.56. The van der Waals surface area contributed by atoms with Crippen molar-refractivity contribution >= 4 is 17.6 Å². The van der Waals surface area contributed by atoms with Crippen LogP contribution in [0.5, 0.6) is 0 Å². The highest BCUT2D eigenvalue weighted by Gasteiger charge is 2.21. The van der Waals surface area contributed by atoms with Gasteiger partial charge in [0.05, 0.1) is 5.56 Å². The van der Waals surface area contributed by atoms with E-state index >= 15 is 0 Å². The Kier molecular flexibility index (Phi) is 5.48. The van der Waals surface area contributed by atoms with E-state index < -0.39 is 41.0 Å². The average molecular weight is 349 g/mol. The van der Waals surface area contributed by atoms with Gasteiger partial charge < -0.3 is 10.5 Å². The number of Topliss-reactive ketones (excluding diaryl/α,β-unsaturated/α-hetero) is 1. The van der Waals surface area contributed by atoms with E-state index in [9.17, 15) is 23.6 Å². The van der Waals surface area contributed by atoms with Crippen LogP contribution in [0.4, 0.5) is 10.2 Å². The average Bonchev–Trinajstić information content (AvgIpc) is 2.56. The van der Waals surface area contributed by atoms with Crippen LogP contribution in [-0.2, 0) is 11.3 Å². The number of ether oxygens (including phenoxy) is 1. The van der Waals surface area contributed by atoms with Crippen LogP contribution in [0.15, 0.2) is 33.9 Å². The Morgan fingerprint density at radius 3 is 2.68 bits per heavy atom. The van der Waals surface area contributed by atoms with Crippen LogP contribution in [0.2, 0.25) is 0 Å². The number of nitrogens with zero attached hydrogens (tertiary/aromatic N) is 1. The summed E-state index contributed by atoms with van der Waals surface area (Å²) in [7, 11) is 0. The van der Waals surface area contributed by atoms with E-state index in [0.717, 1.165) is 16.7 Å². The molecule has 1 heterocycles. The van der Waals surface area contributed by atoms with Gasteiger partial charge in [-0.05, 0) is 24.6 Å². The van der Waals surface area contributed by atoms with Crippen LogP contribution < -0.4 is 17.0 Å². The number of hydrogen-bond donors (Lipinski definition) is 2. The van der Waals surface area contributed by atoms with Crippen molar-refractivity contribution in [3.05, 3.63) is 62.0 Å². The fourth-order valence-electron chi connectivity index (χ4n) is 2.20. The first-order valence-electron chi connectivity index (χ1n) is 7.43. The number of carbonyl (C=O) groups is 2. The molecule has 2 rings (SSSR count). The van der Waals surface area contributed by atoms with Crippen molar-refractivity contribution in [1.29, 1.82) is 0 Å². The zero-order valence-corrected chi connectivity index (χ0v) is 13.4. The van der Waals surface area contributed by atoms with Crippen LogP contribution in [0.3, 0.4) is 0 Å². The van der Waals surface area contributed by atoms with E-state index in [4.69, 9.17) is 10.5 Å². The van der Waals surface area contributed by atoms with E-state index in [2.05, 4.69) is 0 Å². The van der Waals surface area contributed by atoms with Crippen molar-refractivity contribution in [3.63, 3.8) is 0 Å². The number of nitrogen functional groups attached to an aromatic ring is 1. The van der Waals surface area contributed by atoms with Crippen molar-refractivity contribution in [2.75, 3.05) is 12.3 Å². The molecule has 0 aliphatic rings. The topological polar surface area (TPSA) is 124 Å². The molecule has 132 valence electrons. The van der Waals surface area contributed by atoms with Crippen LogP contribution in [-0.4, -0.2) is 27.9 Å². The first-order valence-corrected chi connectivity index (χ1v) is 7.43. The van der Waals surface area contributed by atoms with Crippen molar-refractivity contribution < 1.29 is 18.7 Å². The number of carbonyl (C=O) groups excluding carboxylic acids is 2. The smallest absolute Gasteiger partial charge is 0.338 e. The predicted octanol–water partition coefficient (Wildman–Crippen LogP) is 0.708. The number of nitrogens with two attached hydrogens (primary N) is 1. The van der Waals surface area contributed by atoms with Gasteiger partial charge in [-0.3, -0.25) is 19.1 Å². The summed E-state index contributed by atoms with van der Waals surface area (Å²) in [6.45, 7) is 1.23. The molecule has 0 saturated heterocycles. The summed E-state index contributed by atoms with van der Waals surface area (Å²) in [5.41, 5.74) is 3.52. The van der Waals surface area contributed by atoms with Crippen molar-refractivity contribution in [2.24, 2.45) is 0 Å². The Balaban J connectivity index is 2.21. The van der Waals surface area contributed by atoms with Crippen LogP contribution in [0.25, 0.3) is 0 Å². The summed E-state index contributed by atoms with van der Waals surface area (Å²) < 4.78 is 18.9. The molecule has 25 heavy (non-hydrogen) atoms. The lowest BCUT2D eigenvalue weighted by molar-refractivity contribution is 0.0474. The molecule has 1 aromatic carbocycles. The van der Waals surface area contributed by atoms with Crippen molar-refractivity contribution in [3.8, 4) is 0 Å². The zero-order chi connectivity index (χ0) is 18.6. The maximum absolute atomic E-state index is 13.1. The molecule has 0 unspecified atom stereocenters. The van der Waals surface area contributed by atoms with Crippen LogP contribution >= 0.6 is 0 Å². The number of aromatic nitrogens is 2. The Morgan fingerprint density at radius 2 is 2.04 bits per heavy atom. The first-order chi connectivity index (χ1) is 11.8. The summed E-state index contributed by atoms with van der Waals surface area (Å²) in [4.78, 5) is 49.6. The number of hydrogen-bond acceptors (Lipinski definition) is 6. The third kappa shape index (κ3) is 4.00. The van der Waals surface area contributed by atoms with Gasteiger partial charge in [0.25, 0.3) is 5.56 Å². The van der Waals surface area contributed by atoms with Gasteiger partial charge >= 0.3 is 11.7 Å². The Morgan fingerprint density at radius 1 is 1.32 bits per heavy atom. The summed E-state index contributed by atoms with van der Waals surface area (Å²) >= 11 is 0. The maximum Gasteiger partial charge on any atom is 0.338 e. The minimum absolute atomic E-state index is 0.0781. The number of anilines is 1. The number of nitrogens with one attached hydrogen (secondary N) is 1. The van der Waals surface area contributed by atoms with Gasteiger partial charge in [-0.2, -0.15) is 0 Å². The molecule has 8 nitrogen and oxygen atoms in total. The lowest BCUT2D eigenvalue weighted by atomic mass is 10.2. The summed E-state index contributed by atoms with van der Waals surface area (Å²) in [5.74, 6) is -2.71. The first kappa shape index (κ1) is 18.1. The van der Waals surface area contributed by atoms with Gasteiger partial charge in [-0.25, -0.2) is 14.0 Å². The highest BCUT2D eigenvalue weighted by atomic mass is 19.1. The fraction of sp³-hybridized carbons (Fsp3) is 0.250. The predicted molar refractivity (Wildman–Crippen MR) is 87.0 cm³/mol. The third-order valence-corrected chi connectivity index (χ3v) is 3.36. The number of rotatable bonds is 6. The van der Waals surface area contributed by atoms with Gasteiger partial charge in [-0.15, -0.1) is 0 Å². The lowest BCUT2D eigenvalue weighted by Crippen LogP contribution is -2.37. The molecule has 0 aliphatic carbocycles. The second-order valence-electron chi connectivity index (χ2n) is 5.18. The minimum atomic E-state index is -0.957. The highest BCUT2D eigenvalue weighted by molar-refractivity contribution is 6.02. The molecule has 0 amide bonds. The number of esters is 1. The van der Waals surface area contributed by atoms with E-state index in [0.29, 0.717) is 6.42 Å². The quantitative estimate of drug-likeness (QED) is 0.584. The molecule has 0 saturated carbocycles. The SMILES string of the molecule is CCCn1c(N)c(C(=O)COC(=O)c2cccc(F)c2)c(=O)[nH]c1=O. The van der Waals surface area contributed by atoms with Crippen LogP contribution in [0, 0.1) is 5.82 Å². The van der Waals surface area contributed by atoms with Gasteiger partial charge in [-0.1, -0.05) is 13.0 Å². The van der Waals surface area contributed by atoms with Gasteiger partial charge in [0, 0.05) is 6.54 Å². The van der Waals surface area contributed by atoms with E-state index in [1.165, 1.54) is 12.1 Å². The number of ketones is 1. The standard InChI is InChI=1S/C16H16FN3O5/c1-2-6-20-13(18)12(14(22)19-16(20)24)11(21)8-25-15(23)9-4-3-5-10(17)7-9/h3-5,7H,2,6,8,18H2,1H3,(H,19,22,24). The molecule has 1 aromatic heterocycles. The summed E-state index contributed by atoms with van der Waals surface area (Å²) in [6, 6.07) is 4.74. The normalized spacial score (nSPS) is 10.5. The molecular weight excluding hydrogens is 333 g/mol. The largest absolute Gasteiger partial charge is 0.454 e. The van der Waals surface area contributed by atoms with Crippen molar-refractivity contribution in [2.45, 2.75) is 19.9 Å². The molecule has 0 aliphatic heterocycles. The fourth-order valence-corrected chi connectivity index (χ4v) is 2.20. The molecule has 0 atom stereocenters. The highest BCUT2D eigenvalue weighted by Crippen LogP contribution is 2.08. The van der Waals surface area contributed by atoms with Crippen molar-refractivity contribution in [1.82, 2.24) is 9.55 Å². The Labute approximate surface area is 141 Å². The molecule has 3 N–H and O–H groups in total.